The molecular weight excluding hydrogens is 526 g/mol. The number of ketones is 1. The highest BCUT2D eigenvalue weighted by molar-refractivity contribution is 5.97. The second-order valence-corrected chi connectivity index (χ2v) is 9.85. The number of nitrogens with zero attached hydrogens (tertiary/aromatic N) is 2. The van der Waals surface area contributed by atoms with Crippen LogP contribution in [-0.4, -0.2) is 22.9 Å². The Labute approximate surface area is 249 Å². The third-order valence-electron chi connectivity index (χ3n) is 7.14. The fraction of sp³-hybridized carbons (Fsp3) is 0.371. The molecule has 1 N–H and O–H groups in total. The van der Waals surface area contributed by atoms with Gasteiger partial charge in [0.15, 0.2) is 11.2 Å². The molecule has 0 amide bonds. The van der Waals surface area contributed by atoms with Gasteiger partial charge in [0, 0.05) is 35.1 Å². The lowest BCUT2D eigenvalue weighted by Crippen LogP contribution is -2.05. The number of methoxy groups -OCH3 is 1. The van der Waals surface area contributed by atoms with E-state index in [4.69, 9.17) is 9.15 Å². The number of rotatable bonds is 8. The van der Waals surface area contributed by atoms with Crippen LogP contribution in [0.4, 0.5) is 11.6 Å². The van der Waals surface area contributed by atoms with E-state index in [1.54, 1.807) is 38.4 Å². The summed E-state index contributed by atoms with van der Waals surface area (Å²) in [6, 6.07) is 14.1. The number of Topliss-reactive ketones (excluding diaryl/α,β-unsaturated/α-hetero) is 1. The van der Waals surface area contributed by atoms with Crippen molar-refractivity contribution in [3.05, 3.63) is 81.8 Å². The Balaban J connectivity index is 0.00000116. The Morgan fingerprint density at radius 1 is 1.05 bits per heavy atom. The highest BCUT2D eigenvalue weighted by Crippen LogP contribution is 2.31. The van der Waals surface area contributed by atoms with Gasteiger partial charge in [-0.3, -0.25) is 9.59 Å². The van der Waals surface area contributed by atoms with Crippen molar-refractivity contribution < 1.29 is 13.9 Å². The van der Waals surface area contributed by atoms with Gasteiger partial charge in [0.25, 0.3) is 0 Å². The maximum absolute atomic E-state index is 12.7. The van der Waals surface area contributed by atoms with Crippen LogP contribution in [0.25, 0.3) is 28.4 Å². The van der Waals surface area contributed by atoms with E-state index in [0.29, 0.717) is 34.3 Å². The first-order chi connectivity index (χ1) is 20.4. The summed E-state index contributed by atoms with van der Waals surface area (Å²) in [5.41, 5.74) is 4.27. The minimum atomic E-state index is -0.120. The molecule has 0 spiro atoms. The zero-order chi connectivity index (χ0) is 30.6. The van der Waals surface area contributed by atoms with Crippen LogP contribution >= 0.6 is 0 Å². The van der Waals surface area contributed by atoms with Crippen LogP contribution in [0, 0.1) is 12.8 Å². The van der Waals surface area contributed by atoms with Crippen molar-refractivity contribution in [2.24, 2.45) is 5.92 Å². The highest BCUT2D eigenvalue weighted by Gasteiger charge is 2.19. The van der Waals surface area contributed by atoms with Crippen LogP contribution in [-0.2, 0) is 4.79 Å². The number of anilines is 2. The molecule has 1 fully saturated rings. The van der Waals surface area contributed by atoms with Crippen molar-refractivity contribution in [1.29, 1.82) is 0 Å². The molecule has 2 aromatic heterocycles. The maximum Gasteiger partial charge on any atom is 0.227 e. The molecule has 4 aromatic rings. The van der Waals surface area contributed by atoms with Crippen LogP contribution in [0.15, 0.2) is 69.5 Å². The van der Waals surface area contributed by atoms with E-state index in [1.165, 1.54) is 31.7 Å². The number of benzene rings is 2. The molecule has 42 heavy (non-hydrogen) atoms. The van der Waals surface area contributed by atoms with E-state index in [-0.39, 0.29) is 11.2 Å². The molecule has 2 heterocycles. The molecule has 0 unspecified atom stereocenters. The number of fused-ring (bicyclic) bond motifs is 1. The number of aromatic nitrogens is 2. The van der Waals surface area contributed by atoms with Gasteiger partial charge in [-0.15, -0.1) is 0 Å². The lowest BCUT2D eigenvalue weighted by Gasteiger charge is -2.12. The summed E-state index contributed by atoms with van der Waals surface area (Å²) in [7, 11) is 1.61. The molecule has 1 aliphatic rings. The maximum atomic E-state index is 12.7. The topological polar surface area (TPSA) is 94.3 Å². The summed E-state index contributed by atoms with van der Waals surface area (Å²) in [6.45, 7) is 11.5. The number of hydrogen-bond acceptors (Lipinski definition) is 7. The molecule has 0 saturated heterocycles. The van der Waals surface area contributed by atoms with Crippen molar-refractivity contribution in [3.63, 3.8) is 0 Å². The van der Waals surface area contributed by atoms with Crippen molar-refractivity contribution >= 4 is 34.5 Å². The Morgan fingerprint density at radius 3 is 2.36 bits per heavy atom. The number of aryl methyl sites for hydroxylation is 1. The standard InChI is InChI=1S/C31H31N3O4.2C2H6/c1-19-24(15-23(20(2)35)14-21-6-4-5-7-21)18-32-31(33-19)34-25-10-13-27-28(36)17-29(38-30(27)16-25)22-8-11-26(37-3)12-9-22;2*1-2/h8-13,15-18,21H,4-7,14H2,1-3H3,(H,32,33,34);2*1-2H3/b23-15+;;. The second kappa shape index (κ2) is 15.7. The quantitative estimate of drug-likeness (QED) is 0.212. The summed E-state index contributed by atoms with van der Waals surface area (Å²) >= 11 is 0. The summed E-state index contributed by atoms with van der Waals surface area (Å²) in [4.78, 5) is 34.1. The molecule has 5 rings (SSSR count). The normalized spacial score (nSPS) is 13.1. The average molecular weight is 570 g/mol. The van der Waals surface area contributed by atoms with Gasteiger partial charge in [-0.1, -0.05) is 53.4 Å². The van der Waals surface area contributed by atoms with Crippen LogP contribution in [0.5, 0.6) is 5.75 Å². The Kier molecular flexibility index (Phi) is 12.0. The second-order valence-electron chi connectivity index (χ2n) is 9.85. The van der Waals surface area contributed by atoms with Crippen LogP contribution in [0.3, 0.4) is 0 Å². The lowest BCUT2D eigenvalue weighted by atomic mass is 9.94. The van der Waals surface area contributed by atoms with Gasteiger partial charge in [0.05, 0.1) is 18.2 Å². The molecule has 1 saturated carbocycles. The predicted octanol–water partition coefficient (Wildman–Crippen LogP) is 8.92. The molecule has 7 nitrogen and oxygen atoms in total. The van der Waals surface area contributed by atoms with E-state index in [9.17, 15) is 9.59 Å². The van der Waals surface area contributed by atoms with E-state index in [1.807, 2.05) is 65.0 Å². The smallest absolute Gasteiger partial charge is 0.227 e. The molecule has 2 aromatic carbocycles. The molecule has 0 bridgehead atoms. The van der Waals surface area contributed by atoms with Crippen molar-refractivity contribution in [3.8, 4) is 17.1 Å². The third kappa shape index (κ3) is 8.15. The Bertz CT molecular complexity index is 1570. The summed E-state index contributed by atoms with van der Waals surface area (Å²) in [5.74, 6) is 2.32. The van der Waals surface area contributed by atoms with E-state index < -0.39 is 0 Å². The van der Waals surface area contributed by atoms with Gasteiger partial charge in [-0.05, 0) is 74.2 Å². The zero-order valence-corrected chi connectivity index (χ0v) is 25.9. The zero-order valence-electron chi connectivity index (χ0n) is 25.9. The molecular formula is C35H43N3O4. The van der Waals surface area contributed by atoms with E-state index in [2.05, 4.69) is 15.3 Å². The summed E-state index contributed by atoms with van der Waals surface area (Å²) in [5, 5.41) is 3.69. The monoisotopic (exact) mass is 569 g/mol. The van der Waals surface area contributed by atoms with Gasteiger partial charge in [-0.25, -0.2) is 9.97 Å². The van der Waals surface area contributed by atoms with Crippen LogP contribution in [0.2, 0.25) is 0 Å². The molecule has 0 atom stereocenters. The number of ether oxygens (including phenoxy) is 1. The minimum Gasteiger partial charge on any atom is -0.497 e. The Morgan fingerprint density at radius 2 is 1.74 bits per heavy atom. The molecule has 222 valence electrons. The predicted molar refractivity (Wildman–Crippen MR) is 172 cm³/mol. The fourth-order valence-corrected chi connectivity index (χ4v) is 4.96. The van der Waals surface area contributed by atoms with Crippen LogP contribution in [0.1, 0.15) is 78.0 Å². The average Bonchev–Trinajstić information content (AvgIpc) is 3.53. The highest BCUT2D eigenvalue weighted by atomic mass is 16.5. The van der Waals surface area contributed by atoms with Gasteiger partial charge in [0.1, 0.15) is 17.1 Å². The van der Waals surface area contributed by atoms with Crippen molar-refractivity contribution in [2.45, 2.75) is 73.6 Å². The number of allylic oxidation sites excluding steroid dienone is 1. The minimum absolute atomic E-state index is 0.102. The molecule has 0 aliphatic heterocycles. The van der Waals surface area contributed by atoms with Gasteiger partial charge in [-0.2, -0.15) is 0 Å². The number of nitrogens with one attached hydrogen (secondary N) is 1. The van der Waals surface area contributed by atoms with Gasteiger partial charge >= 0.3 is 0 Å². The number of carbonyl (C=O) groups excluding carboxylic acids is 1. The molecule has 0 radical (unpaired) electrons. The third-order valence-corrected chi connectivity index (χ3v) is 7.14. The first-order valence-electron chi connectivity index (χ1n) is 14.9. The van der Waals surface area contributed by atoms with E-state index in [0.717, 1.165) is 34.6 Å². The SMILES string of the molecule is CC.CC.COc1ccc(-c2cc(=O)c3ccc(Nc4ncc(/C=C(\CC5CCCC5)C(C)=O)c(C)n4)cc3o2)cc1. The van der Waals surface area contributed by atoms with Gasteiger partial charge in [0.2, 0.25) is 5.95 Å². The Hall–Kier alpha value is -4.26. The van der Waals surface area contributed by atoms with E-state index >= 15 is 0 Å². The summed E-state index contributed by atoms with van der Waals surface area (Å²) in [6.07, 6.45) is 9.37. The van der Waals surface area contributed by atoms with Gasteiger partial charge < -0.3 is 14.5 Å². The largest absolute Gasteiger partial charge is 0.497 e. The number of carbonyl (C=O) groups is 1. The first kappa shape index (κ1) is 32.3. The first-order valence-corrected chi connectivity index (χ1v) is 14.9. The molecule has 1 aliphatic carbocycles. The molecule has 7 heteroatoms. The van der Waals surface area contributed by atoms with Crippen molar-refractivity contribution in [2.75, 3.05) is 12.4 Å². The van der Waals surface area contributed by atoms with Crippen LogP contribution < -0.4 is 15.5 Å². The summed E-state index contributed by atoms with van der Waals surface area (Å²) < 4.78 is 11.3. The fourth-order valence-electron chi connectivity index (χ4n) is 4.96. The number of hydrogen-bond donors (Lipinski definition) is 1. The van der Waals surface area contributed by atoms with Crippen molar-refractivity contribution in [1.82, 2.24) is 9.97 Å². The lowest BCUT2D eigenvalue weighted by molar-refractivity contribution is -0.113.